The van der Waals surface area contributed by atoms with Crippen LogP contribution in [0.1, 0.15) is 24.2 Å². The molecule has 1 atom stereocenters. The summed E-state index contributed by atoms with van der Waals surface area (Å²) in [5, 5.41) is 4.13. The van der Waals surface area contributed by atoms with E-state index in [0.717, 1.165) is 28.6 Å². The molecule has 2 aromatic rings. The monoisotopic (exact) mass is 276 g/mol. The number of methoxy groups -OCH3 is 1. The van der Waals surface area contributed by atoms with Gasteiger partial charge in [0.1, 0.15) is 11.4 Å². The Morgan fingerprint density at radius 3 is 2.74 bits per heavy atom. The fraction of sp³-hybridized carbons (Fsp3) is 0.267. The maximum absolute atomic E-state index is 6.29. The molecule has 0 aliphatic rings. The Balaban J connectivity index is 2.49. The third-order valence-corrected chi connectivity index (χ3v) is 3.26. The lowest BCUT2D eigenvalue weighted by Crippen LogP contribution is -2.23. The van der Waals surface area contributed by atoms with Crippen molar-refractivity contribution in [2.45, 2.75) is 13.0 Å². The Morgan fingerprint density at radius 2 is 2.05 bits per heavy atom. The molecular weight excluding hydrogens is 260 g/mol. The number of benzene rings is 1. The Hall–Kier alpha value is -1.58. The molecule has 1 N–H and O–H groups in total. The van der Waals surface area contributed by atoms with Crippen molar-refractivity contribution in [2.75, 3.05) is 13.7 Å². The maximum atomic E-state index is 6.29. The predicted molar refractivity (Wildman–Crippen MR) is 77.8 cm³/mol. The standard InChI is InChI=1S/C15H17ClN2O/c1-3-17-14(11-7-4-5-8-12(11)16)15-13(19-2)9-6-10-18-15/h4-10,14,17H,3H2,1-2H3. The van der Waals surface area contributed by atoms with Crippen LogP contribution in [0.3, 0.4) is 0 Å². The Labute approximate surface area is 118 Å². The molecule has 0 aliphatic heterocycles. The molecule has 4 heteroatoms. The number of aromatic nitrogens is 1. The van der Waals surface area contributed by atoms with E-state index in [4.69, 9.17) is 16.3 Å². The molecule has 0 saturated carbocycles. The smallest absolute Gasteiger partial charge is 0.142 e. The van der Waals surface area contributed by atoms with E-state index < -0.39 is 0 Å². The van der Waals surface area contributed by atoms with Crippen LogP contribution in [-0.2, 0) is 0 Å². The molecule has 1 aromatic carbocycles. The quantitative estimate of drug-likeness (QED) is 0.908. The highest BCUT2D eigenvalue weighted by Gasteiger charge is 2.20. The minimum atomic E-state index is -0.0742. The number of rotatable bonds is 5. The summed E-state index contributed by atoms with van der Waals surface area (Å²) < 4.78 is 5.39. The van der Waals surface area contributed by atoms with Gasteiger partial charge >= 0.3 is 0 Å². The lowest BCUT2D eigenvalue weighted by atomic mass is 10.0. The molecule has 0 saturated heterocycles. The summed E-state index contributed by atoms with van der Waals surface area (Å²) >= 11 is 6.29. The van der Waals surface area contributed by atoms with Crippen molar-refractivity contribution in [3.05, 3.63) is 58.9 Å². The first-order valence-electron chi connectivity index (χ1n) is 6.24. The van der Waals surface area contributed by atoms with Crippen molar-refractivity contribution in [1.29, 1.82) is 0 Å². The first-order valence-corrected chi connectivity index (χ1v) is 6.62. The third-order valence-electron chi connectivity index (χ3n) is 2.92. The van der Waals surface area contributed by atoms with E-state index in [-0.39, 0.29) is 6.04 Å². The highest BCUT2D eigenvalue weighted by Crippen LogP contribution is 2.31. The molecule has 0 fully saturated rings. The number of hydrogen-bond acceptors (Lipinski definition) is 3. The van der Waals surface area contributed by atoms with Crippen LogP contribution < -0.4 is 10.1 Å². The van der Waals surface area contributed by atoms with Gasteiger partial charge in [-0.25, -0.2) is 0 Å². The molecule has 0 spiro atoms. The summed E-state index contributed by atoms with van der Waals surface area (Å²) in [5.74, 6) is 0.758. The molecule has 0 aliphatic carbocycles. The zero-order valence-corrected chi connectivity index (χ0v) is 11.8. The summed E-state index contributed by atoms with van der Waals surface area (Å²) in [5.41, 5.74) is 1.85. The van der Waals surface area contributed by atoms with Crippen LogP contribution in [0, 0.1) is 0 Å². The molecule has 100 valence electrons. The summed E-state index contributed by atoms with van der Waals surface area (Å²) in [6.07, 6.45) is 1.76. The van der Waals surface area contributed by atoms with E-state index in [0.29, 0.717) is 0 Å². The molecule has 1 heterocycles. The highest BCUT2D eigenvalue weighted by atomic mass is 35.5. The van der Waals surface area contributed by atoms with E-state index in [2.05, 4.69) is 17.2 Å². The number of ether oxygens (including phenoxy) is 1. The molecule has 0 amide bonds. The minimum Gasteiger partial charge on any atom is -0.495 e. The average molecular weight is 277 g/mol. The van der Waals surface area contributed by atoms with Gasteiger partial charge in [0.15, 0.2) is 0 Å². The van der Waals surface area contributed by atoms with Gasteiger partial charge in [-0.1, -0.05) is 36.7 Å². The molecule has 0 bridgehead atoms. The van der Waals surface area contributed by atoms with Crippen LogP contribution >= 0.6 is 11.6 Å². The number of nitrogens with one attached hydrogen (secondary N) is 1. The second-order valence-corrected chi connectivity index (χ2v) is 4.51. The summed E-state index contributed by atoms with van der Waals surface area (Å²) in [4.78, 5) is 4.44. The molecule has 19 heavy (non-hydrogen) atoms. The van der Waals surface area contributed by atoms with Crippen LogP contribution in [-0.4, -0.2) is 18.6 Å². The second-order valence-electron chi connectivity index (χ2n) is 4.10. The van der Waals surface area contributed by atoms with Crippen molar-refractivity contribution in [3.8, 4) is 5.75 Å². The zero-order chi connectivity index (χ0) is 13.7. The zero-order valence-electron chi connectivity index (χ0n) is 11.1. The Morgan fingerprint density at radius 1 is 1.26 bits per heavy atom. The molecule has 1 aromatic heterocycles. The second kappa shape index (κ2) is 6.55. The highest BCUT2D eigenvalue weighted by molar-refractivity contribution is 6.31. The molecule has 3 nitrogen and oxygen atoms in total. The lowest BCUT2D eigenvalue weighted by molar-refractivity contribution is 0.400. The molecule has 2 rings (SSSR count). The van der Waals surface area contributed by atoms with Crippen LogP contribution in [0.25, 0.3) is 0 Å². The van der Waals surface area contributed by atoms with Crippen molar-refractivity contribution in [2.24, 2.45) is 0 Å². The fourth-order valence-electron chi connectivity index (χ4n) is 2.06. The summed E-state index contributed by atoms with van der Waals surface area (Å²) in [7, 11) is 1.65. The Kier molecular flexibility index (Phi) is 4.77. The van der Waals surface area contributed by atoms with Crippen LogP contribution in [0.5, 0.6) is 5.75 Å². The SMILES string of the molecule is CCNC(c1ccccc1Cl)c1ncccc1OC. The van der Waals surface area contributed by atoms with Crippen LogP contribution in [0.2, 0.25) is 5.02 Å². The van der Waals surface area contributed by atoms with Crippen LogP contribution in [0.15, 0.2) is 42.6 Å². The van der Waals surface area contributed by atoms with E-state index in [9.17, 15) is 0 Å². The number of hydrogen-bond donors (Lipinski definition) is 1. The topological polar surface area (TPSA) is 34.2 Å². The number of nitrogens with zero attached hydrogens (tertiary/aromatic N) is 1. The normalized spacial score (nSPS) is 12.2. The van der Waals surface area contributed by atoms with Crippen molar-refractivity contribution in [1.82, 2.24) is 10.3 Å². The van der Waals surface area contributed by atoms with E-state index in [1.54, 1.807) is 13.3 Å². The van der Waals surface area contributed by atoms with Gasteiger partial charge < -0.3 is 10.1 Å². The van der Waals surface area contributed by atoms with Gasteiger partial charge in [-0.05, 0) is 30.3 Å². The first kappa shape index (κ1) is 13.8. The molecule has 0 radical (unpaired) electrons. The minimum absolute atomic E-state index is 0.0742. The van der Waals surface area contributed by atoms with E-state index in [1.165, 1.54) is 0 Å². The molecule has 1 unspecified atom stereocenters. The Bertz CT molecular complexity index is 545. The van der Waals surface area contributed by atoms with Gasteiger partial charge in [0, 0.05) is 11.2 Å². The van der Waals surface area contributed by atoms with Crippen LogP contribution in [0.4, 0.5) is 0 Å². The predicted octanol–water partition coefficient (Wildman–Crippen LogP) is 3.44. The van der Waals surface area contributed by atoms with Crippen molar-refractivity contribution < 1.29 is 4.74 Å². The van der Waals surface area contributed by atoms with Gasteiger partial charge in [0.05, 0.1) is 13.2 Å². The van der Waals surface area contributed by atoms with Gasteiger partial charge in [-0.2, -0.15) is 0 Å². The summed E-state index contributed by atoms with van der Waals surface area (Å²) in [6.45, 7) is 2.87. The average Bonchev–Trinajstić information content (AvgIpc) is 2.46. The largest absolute Gasteiger partial charge is 0.495 e. The third kappa shape index (κ3) is 3.06. The fourth-order valence-corrected chi connectivity index (χ4v) is 2.30. The van der Waals surface area contributed by atoms with Gasteiger partial charge in [0.25, 0.3) is 0 Å². The van der Waals surface area contributed by atoms with Gasteiger partial charge in [-0.15, -0.1) is 0 Å². The van der Waals surface area contributed by atoms with Gasteiger partial charge in [0.2, 0.25) is 0 Å². The molecular formula is C15H17ClN2O. The maximum Gasteiger partial charge on any atom is 0.142 e. The summed E-state index contributed by atoms with van der Waals surface area (Å²) in [6, 6.07) is 11.5. The van der Waals surface area contributed by atoms with Crippen molar-refractivity contribution >= 4 is 11.6 Å². The van der Waals surface area contributed by atoms with E-state index >= 15 is 0 Å². The first-order chi connectivity index (χ1) is 9.27. The van der Waals surface area contributed by atoms with Gasteiger partial charge in [-0.3, -0.25) is 4.98 Å². The lowest BCUT2D eigenvalue weighted by Gasteiger charge is -2.20. The van der Waals surface area contributed by atoms with Crippen molar-refractivity contribution in [3.63, 3.8) is 0 Å². The van der Waals surface area contributed by atoms with E-state index in [1.807, 2.05) is 36.4 Å². The number of halogens is 1. The number of pyridine rings is 1.